The third kappa shape index (κ3) is 2.68. The van der Waals surface area contributed by atoms with E-state index in [9.17, 15) is 0 Å². The smallest absolute Gasteiger partial charge is 0.0702 e. The van der Waals surface area contributed by atoms with E-state index < -0.39 is 0 Å². The molecule has 2 aromatic rings. The number of benzene rings is 1. The van der Waals surface area contributed by atoms with Crippen LogP contribution in [0.2, 0.25) is 0 Å². The summed E-state index contributed by atoms with van der Waals surface area (Å²) >= 11 is 0. The molecule has 96 valence electrons. The number of nitrogens with two attached hydrogens (primary N) is 1. The number of rotatable bonds is 5. The molecule has 3 nitrogen and oxygen atoms in total. The van der Waals surface area contributed by atoms with Crippen LogP contribution in [0.4, 0.5) is 0 Å². The molecule has 1 unspecified atom stereocenters. The van der Waals surface area contributed by atoms with Gasteiger partial charge in [-0.2, -0.15) is 0 Å². The maximum Gasteiger partial charge on any atom is 0.0702 e. The van der Waals surface area contributed by atoms with Gasteiger partial charge < -0.3 is 5.73 Å². The molecule has 0 saturated heterocycles. The van der Waals surface area contributed by atoms with Crippen molar-refractivity contribution in [3.63, 3.8) is 0 Å². The van der Waals surface area contributed by atoms with Crippen LogP contribution in [0.25, 0.3) is 10.9 Å². The van der Waals surface area contributed by atoms with Gasteiger partial charge >= 0.3 is 0 Å². The Morgan fingerprint density at radius 1 is 1.33 bits per heavy atom. The monoisotopic (exact) mass is 243 g/mol. The van der Waals surface area contributed by atoms with Gasteiger partial charge in [-0.1, -0.05) is 19.1 Å². The summed E-state index contributed by atoms with van der Waals surface area (Å²) in [5, 5.41) is 1.18. The van der Waals surface area contributed by atoms with Gasteiger partial charge in [-0.3, -0.25) is 9.88 Å². The van der Waals surface area contributed by atoms with Crippen molar-refractivity contribution in [3.05, 3.63) is 42.1 Å². The number of fused-ring (bicyclic) bond motifs is 1. The number of hydrogen-bond acceptors (Lipinski definition) is 3. The van der Waals surface area contributed by atoms with Gasteiger partial charge in [0.25, 0.3) is 0 Å². The molecule has 1 aromatic carbocycles. The van der Waals surface area contributed by atoms with Crippen molar-refractivity contribution >= 4 is 10.9 Å². The molecule has 0 saturated carbocycles. The first-order valence-electron chi connectivity index (χ1n) is 6.51. The molecule has 0 radical (unpaired) electrons. The average molecular weight is 243 g/mol. The van der Waals surface area contributed by atoms with Crippen molar-refractivity contribution in [2.24, 2.45) is 5.73 Å². The van der Waals surface area contributed by atoms with E-state index in [0.29, 0.717) is 6.54 Å². The molecule has 0 aliphatic carbocycles. The third-order valence-corrected chi connectivity index (χ3v) is 3.34. The zero-order chi connectivity index (χ0) is 13.0. The molecule has 1 atom stereocenters. The summed E-state index contributed by atoms with van der Waals surface area (Å²) < 4.78 is 0. The quantitative estimate of drug-likeness (QED) is 0.877. The fourth-order valence-corrected chi connectivity index (χ4v) is 2.38. The highest BCUT2D eigenvalue weighted by molar-refractivity contribution is 5.79. The van der Waals surface area contributed by atoms with Gasteiger partial charge in [-0.15, -0.1) is 0 Å². The highest BCUT2D eigenvalue weighted by Gasteiger charge is 2.14. The molecule has 0 spiro atoms. The topological polar surface area (TPSA) is 42.1 Å². The van der Waals surface area contributed by atoms with Crippen molar-refractivity contribution in [2.75, 3.05) is 20.1 Å². The lowest BCUT2D eigenvalue weighted by molar-refractivity contribution is 0.251. The Labute approximate surface area is 109 Å². The van der Waals surface area contributed by atoms with Gasteiger partial charge in [0.2, 0.25) is 0 Å². The van der Waals surface area contributed by atoms with Crippen LogP contribution in [0.3, 0.4) is 0 Å². The van der Waals surface area contributed by atoms with Gasteiger partial charge in [0, 0.05) is 24.2 Å². The summed E-state index contributed by atoms with van der Waals surface area (Å²) in [5.41, 5.74) is 8.23. The number of hydrogen-bond donors (Lipinski definition) is 1. The van der Waals surface area contributed by atoms with E-state index in [1.165, 1.54) is 10.9 Å². The van der Waals surface area contributed by atoms with Crippen LogP contribution < -0.4 is 5.73 Å². The molecule has 1 heterocycles. The first-order chi connectivity index (χ1) is 8.76. The minimum Gasteiger partial charge on any atom is -0.329 e. The predicted molar refractivity (Wildman–Crippen MR) is 76.5 cm³/mol. The van der Waals surface area contributed by atoms with Gasteiger partial charge in [-0.05, 0) is 43.8 Å². The van der Waals surface area contributed by atoms with Crippen molar-refractivity contribution < 1.29 is 0 Å². The summed E-state index contributed by atoms with van der Waals surface area (Å²) in [4.78, 5) is 6.66. The van der Waals surface area contributed by atoms with Crippen molar-refractivity contribution in [1.29, 1.82) is 0 Å². The Balaban J connectivity index is 2.33. The van der Waals surface area contributed by atoms with Crippen molar-refractivity contribution in [3.8, 4) is 0 Å². The summed E-state index contributed by atoms with van der Waals surface area (Å²) in [6.45, 7) is 3.89. The van der Waals surface area contributed by atoms with Crippen LogP contribution in [0.5, 0.6) is 0 Å². The Morgan fingerprint density at radius 3 is 2.89 bits per heavy atom. The molecule has 2 N–H and O–H groups in total. The third-order valence-electron chi connectivity index (χ3n) is 3.34. The summed E-state index contributed by atoms with van der Waals surface area (Å²) in [5.74, 6) is 0. The number of pyridine rings is 1. The van der Waals surface area contributed by atoms with Gasteiger partial charge in [0.05, 0.1) is 5.52 Å². The predicted octanol–water partition coefficient (Wildman–Crippen LogP) is 2.58. The van der Waals surface area contributed by atoms with E-state index >= 15 is 0 Å². The fraction of sp³-hybridized carbons (Fsp3) is 0.400. The lowest BCUT2D eigenvalue weighted by atomic mass is 10.0. The lowest BCUT2D eigenvalue weighted by Gasteiger charge is -2.27. The Kier molecular flexibility index (Phi) is 4.28. The molecule has 0 bridgehead atoms. The SMILES string of the molecule is CCCN(C)C(CN)c1ccc2ncccc2c1. The first kappa shape index (κ1) is 13.0. The number of likely N-dealkylation sites (N-methyl/N-ethyl adjacent to an activating group) is 1. The zero-order valence-electron chi connectivity index (χ0n) is 11.1. The van der Waals surface area contributed by atoms with Crippen molar-refractivity contribution in [2.45, 2.75) is 19.4 Å². The zero-order valence-corrected chi connectivity index (χ0v) is 11.1. The van der Waals surface area contributed by atoms with Crippen LogP contribution in [-0.4, -0.2) is 30.0 Å². The molecular formula is C15H21N3. The van der Waals surface area contributed by atoms with Crippen LogP contribution in [0, 0.1) is 0 Å². The average Bonchev–Trinajstić information content (AvgIpc) is 2.40. The van der Waals surface area contributed by atoms with E-state index in [0.717, 1.165) is 18.5 Å². The number of aromatic nitrogens is 1. The normalized spacial score (nSPS) is 13.1. The highest BCUT2D eigenvalue weighted by atomic mass is 15.1. The maximum absolute atomic E-state index is 5.92. The van der Waals surface area contributed by atoms with Crippen LogP contribution in [0.1, 0.15) is 24.9 Å². The van der Waals surface area contributed by atoms with Crippen molar-refractivity contribution in [1.82, 2.24) is 9.88 Å². The Morgan fingerprint density at radius 2 is 2.17 bits per heavy atom. The van der Waals surface area contributed by atoms with E-state index in [4.69, 9.17) is 5.73 Å². The van der Waals surface area contributed by atoms with E-state index in [-0.39, 0.29) is 6.04 Å². The van der Waals surface area contributed by atoms with E-state index in [2.05, 4.69) is 48.1 Å². The van der Waals surface area contributed by atoms with E-state index in [1.54, 1.807) is 0 Å². The first-order valence-corrected chi connectivity index (χ1v) is 6.51. The van der Waals surface area contributed by atoms with Gasteiger partial charge in [0.1, 0.15) is 0 Å². The standard InChI is InChI=1S/C15H21N3/c1-3-9-18(2)15(11-16)13-6-7-14-12(10-13)5-4-8-17-14/h4-8,10,15H,3,9,11,16H2,1-2H3. The fourth-order valence-electron chi connectivity index (χ4n) is 2.38. The largest absolute Gasteiger partial charge is 0.329 e. The summed E-state index contributed by atoms with van der Waals surface area (Å²) in [7, 11) is 2.13. The lowest BCUT2D eigenvalue weighted by Crippen LogP contribution is -2.31. The molecular weight excluding hydrogens is 222 g/mol. The molecule has 0 aliphatic heterocycles. The Bertz CT molecular complexity index is 510. The molecule has 2 rings (SSSR count). The molecule has 0 amide bonds. The molecule has 0 aliphatic rings. The van der Waals surface area contributed by atoms with Crippen LogP contribution in [0.15, 0.2) is 36.5 Å². The second-order valence-corrected chi connectivity index (χ2v) is 4.69. The van der Waals surface area contributed by atoms with E-state index in [1.807, 2.05) is 12.3 Å². The number of nitrogens with zero attached hydrogens (tertiary/aromatic N) is 2. The molecule has 0 fully saturated rings. The highest BCUT2D eigenvalue weighted by Crippen LogP contribution is 2.22. The Hall–Kier alpha value is -1.45. The molecule has 18 heavy (non-hydrogen) atoms. The molecule has 1 aromatic heterocycles. The second-order valence-electron chi connectivity index (χ2n) is 4.69. The van der Waals surface area contributed by atoms with Crippen LogP contribution >= 0.6 is 0 Å². The minimum absolute atomic E-state index is 0.287. The summed E-state index contributed by atoms with van der Waals surface area (Å²) in [6.07, 6.45) is 2.97. The van der Waals surface area contributed by atoms with Gasteiger partial charge in [-0.25, -0.2) is 0 Å². The minimum atomic E-state index is 0.287. The maximum atomic E-state index is 5.92. The summed E-state index contributed by atoms with van der Waals surface area (Å²) in [6, 6.07) is 10.8. The molecule has 3 heteroatoms. The van der Waals surface area contributed by atoms with Crippen LogP contribution in [-0.2, 0) is 0 Å². The second kappa shape index (κ2) is 5.94. The van der Waals surface area contributed by atoms with Gasteiger partial charge in [0.15, 0.2) is 0 Å².